The van der Waals surface area contributed by atoms with Crippen LogP contribution in [0, 0.1) is 13.7 Å². The first-order valence-electron chi connectivity index (χ1n) is 10.0. The van der Waals surface area contributed by atoms with E-state index in [2.05, 4.69) is 27.9 Å². The summed E-state index contributed by atoms with van der Waals surface area (Å²) in [6.07, 6.45) is 2.28. The van der Waals surface area contributed by atoms with Gasteiger partial charge in [0.05, 0.1) is 15.1 Å². The predicted molar refractivity (Wildman–Crippen MR) is 126 cm³/mol. The average molecular weight is 551 g/mol. The molecule has 0 aromatic heterocycles. The Bertz CT molecular complexity index is 1090. The van der Waals surface area contributed by atoms with E-state index in [0.29, 0.717) is 42.2 Å². The number of ether oxygens (including phenoxy) is 2. The molecule has 32 heavy (non-hydrogen) atoms. The molecular weight excluding hydrogens is 529 g/mol. The molecule has 1 aliphatic heterocycles. The zero-order chi connectivity index (χ0) is 23.3. The van der Waals surface area contributed by atoms with Crippen molar-refractivity contribution in [1.82, 2.24) is 10.2 Å². The van der Waals surface area contributed by atoms with Gasteiger partial charge in [0.15, 0.2) is 11.5 Å². The van der Waals surface area contributed by atoms with E-state index in [1.165, 1.54) is 17.0 Å². The summed E-state index contributed by atoms with van der Waals surface area (Å²) < 4.78 is 12.4. The Balaban J connectivity index is 1.85. The van der Waals surface area contributed by atoms with Crippen molar-refractivity contribution in [2.75, 3.05) is 13.2 Å². The van der Waals surface area contributed by atoms with Gasteiger partial charge in [-0.3, -0.25) is 19.8 Å². The standard InChI is InChI=1S/C22H22IN3O6/c1-3-8-25-21(27)18(24-22(25)28)11-15-10-17(23)20(19(12-15)31-4-2)32-13-14-6-5-7-16(9-14)26(29)30/h5-7,9-12H,3-4,8,13H2,1-2H3,(H,24,28)/b18-11+. The van der Waals surface area contributed by atoms with Crippen molar-refractivity contribution >= 4 is 46.3 Å². The van der Waals surface area contributed by atoms with Gasteiger partial charge in [-0.2, -0.15) is 0 Å². The fraction of sp³-hybridized carbons (Fsp3) is 0.273. The van der Waals surface area contributed by atoms with Gasteiger partial charge in [-0.05, 0) is 65.3 Å². The van der Waals surface area contributed by atoms with Crippen molar-refractivity contribution in [1.29, 1.82) is 0 Å². The number of hydrogen-bond acceptors (Lipinski definition) is 6. The molecule has 1 saturated heterocycles. The van der Waals surface area contributed by atoms with Crippen LogP contribution in [0.4, 0.5) is 10.5 Å². The van der Waals surface area contributed by atoms with Crippen molar-refractivity contribution in [3.05, 3.63) is 66.9 Å². The summed E-state index contributed by atoms with van der Waals surface area (Å²) in [5.74, 6) is 0.602. The number of nitro benzene ring substituents is 1. The van der Waals surface area contributed by atoms with E-state index >= 15 is 0 Å². The number of carbonyl (C=O) groups excluding carboxylic acids is 2. The zero-order valence-corrected chi connectivity index (χ0v) is 19.7. The number of nitrogens with zero attached hydrogens (tertiary/aromatic N) is 2. The minimum atomic E-state index is -0.452. The van der Waals surface area contributed by atoms with E-state index in [1.807, 2.05) is 13.8 Å². The summed E-state index contributed by atoms with van der Waals surface area (Å²) in [5.41, 5.74) is 1.52. The van der Waals surface area contributed by atoms with Crippen LogP contribution in [0.1, 0.15) is 31.4 Å². The van der Waals surface area contributed by atoms with Crippen LogP contribution in [-0.4, -0.2) is 34.9 Å². The summed E-state index contributed by atoms with van der Waals surface area (Å²) in [5, 5.41) is 13.6. The lowest BCUT2D eigenvalue weighted by Crippen LogP contribution is -2.31. The lowest BCUT2D eigenvalue weighted by Gasteiger charge is -2.15. The van der Waals surface area contributed by atoms with Gasteiger partial charge in [0.2, 0.25) is 0 Å². The molecular formula is C22H22IN3O6. The van der Waals surface area contributed by atoms with Crippen LogP contribution in [0.5, 0.6) is 11.5 Å². The predicted octanol–water partition coefficient (Wildman–Crippen LogP) is 4.48. The normalized spacial score (nSPS) is 14.6. The smallest absolute Gasteiger partial charge is 0.329 e. The Morgan fingerprint density at radius 3 is 2.66 bits per heavy atom. The number of nitrogens with one attached hydrogen (secondary N) is 1. The molecule has 0 aliphatic carbocycles. The van der Waals surface area contributed by atoms with Crippen LogP contribution in [0.3, 0.4) is 0 Å². The number of non-ortho nitro benzene ring substituents is 1. The lowest BCUT2D eigenvalue weighted by atomic mass is 10.1. The monoisotopic (exact) mass is 551 g/mol. The van der Waals surface area contributed by atoms with E-state index in [-0.39, 0.29) is 23.9 Å². The first-order chi connectivity index (χ1) is 15.3. The zero-order valence-electron chi connectivity index (χ0n) is 17.6. The largest absolute Gasteiger partial charge is 0.490 e. The van der Waals surface area contributed by atoms with Gasteiger partial charge < -0.3 is 14.8 Å². The first-order valence-corrected chi connectivity index (χ1v) is 11.1. The molecule has 0 atom stereocenters. The Labute approximate surface area is 198 Å². The van der Waals surface area contributed by atoms with Crippen molar-refractivity contribution in [2.24, 2.45) is 0 Å². The van der Waals surface area contributed by atoms with Crippen molar-refractivity contribution in [3.63, 3.8) is 0 Å². The summed E-state index contributed by atoms with van der Waals surface area (Å²) in [4.78, 5) is 36.2. The summed E-state index contributed by atoms with van der Waals surface area (Å²) in [7, 11) is 0. The molecule has 10 heteroatoms. The number of nitro groups is 1. The molecule has 0 radical (unpaired) electrons. The molecule has 1 fully saturated rings. The third kappa shape index (κ3) is 5.36. The van der Waals surface area contributed by atoms with E-state index < -0.39 is 11.0 Å². The number of amides is 3. The Morgan fingerprint density at radius 1 is 1.19 bits per heavy atom. The molecule has 168 valence electrons. The van der Waals surface area contributed by atoms with Crippen LogP contribution < -0.4 is 14.8 Å². The molecule has 2 aromatic carbocycles. The summed E-state index contributed by atoms with van der Waals surface area (Å²) >= 11 is 2.10. The van der Waals surface area contributed by atoms with E-state index in [0.717, 1.165) is 3.57 Å². The summed E-state index contributed by atoms with van der Waals surface area (Å²) in [6.45, 7) is 4.60. The van der Waals surface area contributed by atoms with Crippen molar-refractivity contribution < 1.29 is 24.0 Å². The van der Waals surface area contributed by atoms with Crippen molar-refractivity contribution in [3.8, 4) is 11.5 Å². The fourth-order valence-corrected chi connectivity index (χ4v) is 3.94. The molecule has 1 aliphatic rings. The minimum Gasteiger partial charge on any atom is -0.490 e. The van der Waals surface area contributed by atoms with Crippen LogP contribution >= 0.6 is 22.6 Å². The van der Waals surface area contributed by atoms with Gasteiger partial charge >= 0.3 is 6.03 Å². The number of rotatable bonds is 9. The SMILES string of the molecule is CCCN1C(=O)N/C(=C/c2cc(I)c(OCc3cccc([N+](=O)[O-])c3)c(OCC)c2)C1=O. The molecule has 0 unspecified atom stereocenters. The van der Waals surface area contributed by atoms with Gasteiger partial charge in [-0.1, -0.05) is 19.1 Å². The highest BCUT2D eigenvalue weighted by Gasteiger charge is 2.32. The van der Waals surface area contributed by atoms with Gasteiger partial charge in [0, 0.05) is 18.7 Å². The number of imide groups is 1. The highest BCUT2D eigenvalue weighted by atomic mass is 127. The molecule has 0 bridgehead atoms. The second kappa shape index (κ2) is 10.4. The quantitative estimate of drug-likeness (QED) is 0.162. The van der Waals surface area contributed by atoms with E-state index in [9.17, 15) is 19.7 Å². The van der Waals surface area contributed by atoms with Crippen LogP contribution in [-0.2, 0) is 11.4 Å². The molecule has 3 amide bonds. The highest BCUT2D eigenvalue weighted by Crippen LogP contribution is 2.36. The van der Waals surface area contributed by atoms with Gasteiger partial charge in [-0.15, -0.1) is 0 Å². The molecule has 1 N–H and O–H groups in total. The number of halogens is 1. The van der Waals surface area contributed by atoms with Crippen LogP contribution in [0.15, 0.2) is 42.1 Å². The third-order valence-electron chi connectivity index (χ3n) is 4.56. The fourth-order valence-electron chi connectivity index (χ4n) is 3.15. The first kappa shape index (κ1) is 23.5. The van der Waals surface area contributed by atoms with Gasteiger partial charge in [0.1, 0.15) is 12.3 Å². The third-order valence-corrected chi connectivity index (χ3v) is 5.36. The average Bonchev–Trinajstić information content (AvgIpc) is 3.01. The van der Waals surface area contributed by atoms with E-state index in [1.54, 1.807) is 30.3 Å². The Kier molecular flexibility index (Phi) is 7.67. The number of benzene rings is 2. The second-order valence-electron chi connectivity index (χ2n) is 6.92. The molecule has 1 heterocycles. The van der Waals surface area contributed by atoms with Gasteiger partial charge in [0.25, 0.3) is 11.6 Å². The Morgan fingerprint density at radius 2 is 1.97 bits per heavy atom. The second-order valence-corrected chi connectivity index (χ2v) is 8.09. The number of urea groups is 1. The lowest BCUT2D eigenvalue weighted by molar-refractivity contribution is -0.384. The maximum absolute atomic E-state index is 12.5. The topological polar surface area (TPSA) is 111 Å². The van der Waals surface area contributed by atoms with Crippen LogP contribution in [0.2, 0.25) is 0 Å². The minimum absolute atomic E-state index is 0.00630. The number of carbonyl (C=O) groups is 2. The molecule has 3 rings (SSSR count). The number of hydrogen-bond donors (Lipinski definition) is 1. The highest BCUT2D eigenvalue weighted by molar-refractivity contribution is 14.1. The maximum Gasteiger partial charge on any atom is 0.329 e. The molecule has 0 spiro atoms. The van der Waals surface area contributed by atoms with Crippen molar-refractivity contribution in [2.45, 2.75) is 26.9 Å². The summed E-state index contributed by atoms with van der Waals surface area (Å²) in [6, 6.07) is 9.34. The van der Waals surface area contributed by atoms with E-state index in [4.69, 9.17) is 9.47 Å². The maximum atomic E-state index is 12.5. The van der Waals surface area contributed by atoms with Crippen LogP contribution in [0.25, 0.3) is 6.08 Å². The molecule has 2 aromatic rings. The van der Waals surface area contributed by atoms with Gasteiger partial charge in [-0.25, -0.2) is 4.79 Å². The molecule has 9 nitrogen and oxygen atoms in total. The molecule has 0 saturated carbocycles. The Hall–Kier alpha value is -3.15.